The summed E-state index contributed by atoms with van der Waals surface area (Å²) in [5.74, 6) is -0.643. The van der Waals surface area contributed by atoms with Crippen LogP contribution in [0.25, 0.3) is 0 Å². The van der Waals surface area contributed by atoms with E-state index in [-0.39, 0.29) is 17.7 Å². The van der Waals surface area contributed by atoms with Gasteiger partial charge in [0.1, 0.15) is 5.75 Å². The lowest BCUT2D eigenvalue weighted by Crippen LogP contribution is -2.53. The molecule has 4 nitrogen and oxygen atoms in total. The second-order valence-electron chi connectivity index (χ2n) is 3.26. The number of hydrogen-bond acceptors (Lipinski definition) is 3. The van der Waals surface area contributed by atoms with Crippen molar-refractivity contribution in [2.45, 2.75) is 25.1 Å². The largest absolute Gasteiger partial charge is 0.341 e. The van der Waals surface area contributed by atoms with Crippen LogP contribution in [0.1, 0.15) is 13.8 Å². The van der Waals surface area contributed by atoms with Gasteiger partial charge in [-0.2, -0.15) is 0 Å². The molecule has 0 saturated carbocycles. The van der Waals surface area contributed by atoms with E-state index < -0.39 is 15.1 Å². The van der Waals surface area contributed by atoms with Crippen LogP contribution >= 0.6 is 0 Å². The second-order valence-corrected chi connectivity index (χ2v) is 5.62. The SMILES string of the molecule is C[C@@H]1[C@H](C)S(=O)(=O)CC(=O)N1C. The van der Waals surface area contributed by atoms with E-state index >= 15 is 0 Å². The van der Waals surface area contributed by atoms with E-state index in [2.05, 4.69) is 0 Å². The summed E-state index contributed by atoms with van der Waals surface area (Å²) in [6.45, 7) is 3.39. The van der Waals surface area contributed by atoms with Gasteiger partial charge in [0.25, 0.3) is 0 Å². The van der Waals surface area contributed by atoms with Crippen molar-refractivity contribution < 1.29 is 13.2 Å². The highest BCUT2D eigenvalue weighted by molar-refractivity contribution is 7.92. The summed E-state index contributed by atoms with van der Waals surface area (Å²) >= 11 is 0. The van der Waals surface area contributed by atoms with Gasteiger partial charge in [0, 0.05) is 13.1 Å². The van der Waals surface area contributed by atoms with E-state index in [0.717, 1.165) is 0 Å². The number of hydrogen-bond donors (Lipinski definition) is 0. The molecule has 1 aliphatic heterocycles. The molecule has 0 aromatic rings. The molecule has 1 saturated heterocycles. The molecule has 12 heavy (non-hydrogen) atoms. The van der Waals surface area contributed by atoms with E-state index in [4.69, 9.17) is 0 Å². The highest BCUT2D eigenvalue weighted by Gasteiger charge is 2.38. The minimum atomic E-state index is -3.18. The average Bonchev–Trinajstić information content (AvgIpc) is 1.97. The maximum atomic E-state index is 11.3. The van der Waals surface area contributed by atoms with Gasteiger partial charge in [0.15, 0.2) is 9.84 Å². The lowest BCUT2D eigenvalue weighted by atomic mass is 10.2. The Morgan fingerprint density at radius 1 is 1.42 bits per heavy atom. The predicted molar refractivity (Wildman–Crippen MR) is 45.5 cm³/mol. The third-order valence-corrected chi connectivity index (χ3v) is 4.75. The average molecular weight is 191 g/mol. The van der Waals surface area contributed by atoms with Gasteiger partial charge in [-0.1, -0.05) is 0 Å². The highest BCUT2D eigenvalue weighted by atomic mass is 32.2. The fourth-order valence-electron chi connectivity index (χ4n) is 1.25. The van der Waals surface area contributed by atoms with Crippen molar-refractivity contribution in [3.05, 3.63) is 0 Å². The first-order valence-corrected chi connectivity index (χ1v) is 5.55. The molecule has 70 valence electrons. The lowest BCUT2D eigenvalue weighted by Gasteiger charge is -2.34. The monoisotopic (exact) mass is 191 g/mol. The zero-order valence-corrected chi connectivity index (χ0v) is 8.26. The fourth-order valence-corrected chi connectivity index (χ4v) is 2.84. The Labute approximate surface area is 72.5 Å². The van der Waals surface area contributed by atoms with Gasteiger partial charge < -0.3 is 4.90 Å². The van der Waals surface area contributed by atoms with Crippen LogP contribution in [0.15, 0.2) is 0 Å². The zero-order chi connectivity index (χ0) is 9.52. The molecule has 1 heterocycles. The maximum Gasteiger partial charge on any atom is 0.237 e. The molecule has 2 atom stereocenters. The summed E-state index contributed by atoms with van der Waals surface area (Å²) in [5.41, 5.74) is 0. The molecule has 0 aliphatic carbocycles. The molecule has 0 spiro atoms. The van der Waals surface area contributed by atoms with Crippen LogP contribution in [-0.2, 0) is 14.6 Å². The normalized spacial score (nSPS) is 35.2. The van der Waals surface area contributed by atoms with Gasteiger partial charge in [0.05, 0.1) is 5.25 Å². The summed E-state index contributed by atoms with van der Waals surface area (Å²) in [4.78, 5) is 12.6. The van der Waals surface area contributed by atoms with Gasteiger partial charge >= 0.3 is 0 Å². The molecule has 1 fully saturated rings. The van der Waals surface area contributed by atoms with Gasteiger partial charge in [0.2, 0.25) is 5.91 Å². The van der Waals surface area contributed by atoms with Crippen LogP contribution in [0.5, 0.6) is 0 Å². The van der Waals surface area contributed by atoms with Crippen LogP contribution < -0.4 is 0 Å². The lowest BCUT2D eigenvalue weighted by molar-refractivity contribution is -0.129. The Morgan fingerprint density at radius 3 is 2.42 bits per heavy atom. The minimum Gasteiger partial charge on any atom is -0.341 e. The third-order valence-electron chi connectivity index (χ3n) is 2.57. The molecular weight excluding hydrogens is 178 g/mol. The van der Waals surface area contributed by atoms with Gasteiger partial charge in [-0.15, -0.1) is 0 Å². The van der Waals surface area contributed by atoms with Crippen LogP contribution in [-0.4, -0.2) is 43.3 Å². The van der Waals surface area contributed by atoms with Crippen molar-refractivity contribution >= 4 is 15.7 Å². The summed E-state index contributed by atoms with van der Waals surface area (Å²) in [5, 5.41) is -0.444. The van der Waals surface area contributed by atoms with Crippen molar-refractivity contribution in [3.8, 4) is 0 Å². The Hall–Kier alpha value is -0.580. The smallest absolute Gasteiger partial charge is 0.237 e. The molecule has 0 bridgehead atoms. The summed E-state index contributed by atoms with van der Waals surface area (Å²) in [6.07, 6.45) is 0. The number of sulfone groups is 1. The second kappa shape index (κ2) is 2.73. The Bertz CT molecular complexity index is 296. The van der Waals surface area contributed by atoms with Gasteiger partial charge in [-0.3, -0.25) is 4.79 Å². The number of amides is 1. The summed E-state index contributed by atoms with van der Waals surface area (Å²) < 4.78 is 22.6. The molecule has 0 unspecified atom stereocenters. The third kappa shape index (κ3) is 1.33. The van der Waals surface area contributed by atoms with Crippen molar-refractivity contribution in [3.63, 3.8) is 0 Å². The Kier molecular flexibility index (Phi) is 2.16. The highest BCUT2D eigenvalue weighted by Crippen LogP contribution is 2.18. The first-order chi connectivity index (χ1) is 5.36. The molecule has 1 rings (SSSR count). The van der Waals surface area contributed by atoms with Crippen LogP contribution in [0.3, 0.4) is 0 Å². The number of rotatable bonds is 0. The van der Waals surface area contributed by atoms with Crippen molar-refractivity contribution in [1.82, 2.24) is 4.90 Å². The van der Waals surface area contributed by atoms with Gasteiger partial charge in [-0.05, 0) is 13.8 Å². The first kappa shape index (κ1) is 9.51. The summed E-state index contributed by atoms with van der Waals surface area (Å²) in [7, 11) is -1.55. The standard InChI is InChI=1S/C7H13NO3S/c1-5-6(2)12(10,11)4-7(9)8(5)3/h5-6H,4H2,1-3H3/t5-,6+/m1/s1. The van der Waals surface area contributed by atoms with Crippen molar-refractivity contribution in [1.29, 1.82) is 0 Å². The quantitative estimate of drug-likeness (QED) is 0.526. The molecule has 0 aromatic heterocycles. The molecular formula is C7H13NO3S. The molecule has 0 aromatic carbocycles. The van der Waals surface area contributed by atoms with Crippen molar-refractivity contribution in [2.75, 3.05) is 12.8 Å². The van der Waals surface area contributed by atoms with E-state index in [0.29, 0.717) is 0 Å². The van der Waals surface area contributed by atoms with E-state index in [1.54, 1.807) is 20.9 Å². The Morgan fingerprint density at radius 2 is 1.92 bits per heavy atom. The fraction of sp³-hybridized carbons (Fsp3) is 0.857. The topological polar surface area (TPSA) is 54.5 Å². The number of nitrogens with zero attached hydrogens (tertiary/aromatic N) is 1. The van der Waals surface area contributed by atoms with E-state index in [1.165, 1.54) is 4.90 Å². The summed E-state index contributed by atoms with van der Waals surface area (Å²) in [6, 6.07) is -0.212. The van der Waals surface area contributed by atoms with Crippen molar-refractivity contribution in [2.24, 2.45) is 0 Å². The molecule has 5 heteroatoms. The van der Waals surface area contributed by atoms with Crippen LogP contribution in [0, 0.1) is 0 Å². The number of carbonyl (C=O) groups excluding carboxylic acids is 1. The Balaban J connectivity index is 3.01. The van der Waals surface area contributed by atoms with Crippen LogP contribution in [0.4, 0.5) is 0 Å². The van der Waals surface area contributed by atoms with E-state index in [1.807, 2.05) is 0 Å². The molecule has 0 N–H and O–H groups in total. The van der Waals surface area contributed by atoms with Crippen LogP contribution in [0.2, 0.25) is 0 Å². The predicted octanol–water partition coefficient (Wildman–Crippen LogP) is -0.350. The minimum absolute atomic E-state index is 0.212. The molecule has 1 amide bonds. The van der Waals surface area contributed by atoms with Gasteiger partial charge in [-0.25, -0.2) is 8.42 Å². The molecule has 0 radical (unpaired) electrons. The maximum absolute atomic E-state index is 11.3. The first-order valence-electron chi connectivity index (χ1n) is 3.83. The molecule has 1 aliphatic rings. The zero-order valence-electron chi connectivity index (χ0n) is 7.44. The van der Waals surface area contributed by atoms with E-state index in [9.17, 15) is 13.2 Å². The number of carbonyl (C=O) groups is 1.